The van der Waals surface area contributed by atoms with Crippen molar-refractivity contribution >= 4 is 5.97 Å². The monoisotopic (exact) mass is 406 g/mol. The molecule has 1 aromatic rings. The van der Waals surface area contributed by atoms with Gasteiger partial charge < -0.3 is 14.9 Å². The molecule has 0 aliphatic carbocycles. The van der Waals surface area contributed by atoms with E-state index in [4.69, 9.17) is 9.84 Å². The number of rotatable bonds is 19. The standard InChI is InChI=1S/C25H42O4/c1-2-3-16-23(26)17-10-7-12-19-24(18-11-4-5-13-20-25(27)28)29-21-22-14-8-6-9-15-22/h6,8-9,14-15,23-24,26H,2-5,7,10-13,16-21H2,1H3,(H,27,28). The summed E-state index contributed by atoms with van der Waals surface area (Å²) in [6.07, 6.45) is 13.9. The maximum absolute atomic E-state index is 10.6. The SMILES string of the molecule is CCCCC(O)CCCCCC(CCCCCCC(=O)O)OCc1ccccc1. The first-order chi connectivity index (χ1) is 14.1. The third-order valence-corrected chi connectivity index (χ3v) is 5.45. The molecule has 4 nitrogen and oxygen atoms in total. The quantitative estimate of drug-likeness (QED) is 0.257. The molecule has 166 valence electrons. The van der Waals surface area contributed by atoms with Gasteiger partial charge in [-0.1, -0.05) is 88.6 Å². The lowest BCUT2D eigenvalue weighted by atomic mass is 10.0. The van der Waals surface area contributed by atoms with E-state index in [-0.39, 0.29) is 18.6 Å². The Labute approximate surface area is 177 Å². The third-order valence-electron chi connectivity index (χ3n) is 5.45. The Morgan fingerprint density at radius 1 is 0.862 bits per heavy atom. The first kappa shape index (κ1) is 25.6. The zero-order valence-electron chi connectivity index (χ0n) is 18.4. The third kappa shape index (κ3) is 15.2. The lowest BCUT2D eigenvalue weighted by Gasteiger charge is -2.18. The van der Waals surface area contributed by atoms with Crippen LogP contribution in [0.15, 0.2) is 30.3 Å². The summed E-state index contributed by atoms with van der Waals surface area (Å²) in [5.74, 6) is -0.700. The summed E-state index contributed by atoms with van der Waals surface area (Å²) in [5.41, 5.74) is 1.21. The van der Waals surface area contributed by atoms with Crippen LogP contribution in [0.5, 0.6) is 0 Å². The number of aliphatic hydroxyl groups is 1. The maximum Gasteiger partial charge on any atom is 0.303 e. The molecule has 0 saturated heterocycles. The molecule has 2 atom stereocenters. The molecule has 0 aliphatic rings. The number of carbonyl (C=O) groups is 1. The first-order valence-corrected chi connectivity index (χ1v) is 11.7. The first-order valence-electron chi connectivity index (χ1n) is 11.7. The van der Waals surface area contributed by atoms with E-state index in [0.29, 0.717) is 6.61 Å². The van der Waals surface area contributed by atoms with E-state index in [9.17, 15) is 9.90 Å². The Morgan fingerprint density at radius 2 is 1.45 bits per heavy atom. The van der Waals surface area contributed by atoms with Crippen LogP contribution in [0.2, 0.25) is 0 Å². The minimum Gasteiger partial charge on any atom is -0.481 e. The zero-order valence-corrected chi connectivity index (χ0v) is 18.4. The number of ether oxygens (including phenoxy) is 1. The van der Waals surface area contributed by atoms with Crippen molar-refractivity contribution in [2.75, 3.05) is 0 Å². The van der Waals surface area contributed by atoms with Gasteiger partial charge in [-0.15, -0.1) is 0 Å². The maximum atomic E-state index is 10.6. The molecule has 29 heavy (non-hydrogen) atoms. The highest BCUT2D eigenvalue weighted by Crippen LogP contribution is 2.18. The molecule has 0 amide bonds. The fourth-order valence-corrected chi connectivity index (χ4v) is 3.61. The van der Waals surface area contributed by atoms with Crippen molar-refractivity contribution in [2.45, 2.75) is 116 Å². The molecule has 0 aromatic heterocycles. The number of hydrogen-bond donors (Lipinski definition) is 2. The molecule has 2 unspecified atom stereocenters. The molecule has 0 saturated carbocycles. The molecule has 0 heterocycles. The number of aliphatic hydroxyl groups excluding tert-OH is 1. The zero-order chi connectivity index (χ0) is 21.2. The van der Waals surface area contributed by atoms with E-state index in [2.05, 4.69) is 19.1 Å². The summed E-state index contributed by atoms with van der Waals surface area (Å²) in [4.78, 5) is 10.6. The van der Waals surface area contributed by atoms with Crippen LogP contribution >= 0.6 is 0 Å². The highest BCUT2D eigenvalue weighted by atomic mass is 16.5. The minimum absolute atomic E-state index is 0.133. The topological polar surface area (TPSA) is 66.8 Å². The second-order valence-corrected chi connectivity index (χ2v) is 8.20. The molecule has 0 radical (unpaired) electrons. The number of aliphatic carboxylic acids is 1. The van der Waals surface area contributed by atoms with Crippen LogP contribution in [0, 0.1) is 0 Å². The fraction of sp³-hybridized carbons (Fsp3) is 0.720. The van der Waals surface area contributed by atoms with Crippen LogP contribution in [-0.2, 0) is 16.1 Å². The molecule has 4 heteroatoms. The fourth-order valence-electron chi connectivity index (χ4n) is 3.61. The highest BCUT2D eigenvalue weighted by Gasteiger charge is 2.10. The van der Waals surface area contributed by atoms with E-state index in [0.717, 1.165) is 83.5 Å². The number of hydrogen-bond acceptors (Lipinski definition) is 3. The van der Waals surface area contributed by atoms with Crippen molar-refractivity contribution in [3.63, 3.8) is 0 Å². The van der Waals surface area contributed by atoms with Gasteiger partial charge in [0.05, 0.1) is 18.8 Å². The van der Waals surface area contributed by atoms with Gasteiger partial charge in [0.25, 0.3) is 0 Å². The summed E-state index contributed by atoms with van der Waals surface area (Å²) >= 11 is 0. The van der Waals surface area contributed by atoms with Gasteiger partial charge in [-0.2, -0.15) is 0 Å². The Bertz CT molecular complexity index is 503. The number of unbranched alkanes of at least 4 members (excludes halogenated alkanes) is 6. The van der Waals surface area contributed by atoms with Crippen molar-refractivity contribution in [3.8, 4) is 0 Å². The van der Waals surface area contributed by atoms with Gasteiger partial charge in [-0.3, -0.25) is 4.79 Å². The summed E-state index contributed by atoms with van der Waals surface area (Å²) in [6, 6.07) is 10.3. The number of carboxylic acids is 1. The Kier molecular flexibility index (Phi) is 15.4. The average molecular weight is 407 g/mol. The highest BCUT2D eigenvalue weighted by molar-refractivity contribution is 5.66. The van der Waals surface area contributed by atoms with Gasteiger partial charge in [0.15, 0.2) is 0 Å². The second kappa shape index (κ2) is 17.5. The lowest BCUT2D eigenvalue weighted by molar-refractivity contribution is -0.137. The van der Waals surface area contributed by atoms with Gasteiger partial charge >= 0.3 is 5.97 Å². The second-order valence-electron chi connectivity index (χ2n) is 8.20. The van der Waals surface area contributed by atoms with Gasteiger partial charge in [-0.05, 0) is 37.7 Å². The van der Waals surface area contributed by atoms with Crippen molar-refractivity contribution in [1.29, 1.82) is 0 Å². The lowest BCUT2D eigenvalue weighted by Crippen LogP contribution is -2.13. The number of carboxylic acid groups (broad SMARTS) is 1. The molecule has 1 aromatic carbocycles. The smallest absolute Gasteiger partial charge is 0.303 e. The van der Waals surface area contributed by atoms with E-state index < -0.39 is 5.97 Å². The van der Waals surface area contributed by atoms with Crippen molar-refractivity contribution < 1.29 is 19.7 Å². The van der Waals surface area contributed by atoms with Crippen molar-refractivity contribution in [2.24, 2.45) is 0 Å². The van der Waals surface area contributed by atoms with Crippen LogP contribution in [0.1, 0.15) is 102 Å². The Hall–Kier alpha value is -1.39. The van der Waals surface area contributed by atoms with Gasteiger partial charge in [0.1, 0.15) is 0 Å². The van der Waals surface area contributed by atoms with Gasteiger partial charge in [0.2, 0.25) is 0 Å². The summed E-state index contributed by atoms with van der Waals surface area (Å²) in [6.45, 7) is 2.81. The van der Waals surface area contributed by atoms with E-state index in [1.54, 1.807) is 0 Å². The Balaban J connectivity index is 2.25. The molecule has 0 spiro atoms. The van der Waals surface area contributed by atoms with Crippen LogP contribution in [0.3, 0.4) is 0 Å². The molecule has 1 rings (SSSR count). The normalized spacial score (nSPS) is 13.3. The predicted molar refractivity (Wildman–Crippen MR) is 119 cm³/mol. The van der Waals surface area contributed by atoms with Crippen molar-refractivity contribution in [1.82, 2.24) is 0 Å². The van der Waals surface area contributed by atoms with Crippen LogP contribution in [-0.4, -0.2) is 28.4 Å². The Morgan fingerprint density at radius 3 is 2.10 bits per heavy atom. The summed E-state index contributed by atoms with van der Waals surface area (Å²) < 4.78 is 6.21. The minimum atomic E-state index is -0.700. The largest absolute Gasteiger partial charge is 0.481 e. The number of benzene rings is 1. The molecule has 0 fully saturated rings. The van der Waals surface area contributed by atoms with E-state index in [1.807, 2.05) is 18.2 Å². The molecular weight excluding hydrogens is 364 g/mol. The van der Waals surface area contributed by atoms with Gasteiger partial charge in [-0.25, -0.2) is 0 Å². The average Bonchev–Trinajstić information content (AvgIpc) is 2.72. The molecule has 0 aliphatic heterocycles. The molecular formula is C25H42O4. The van der Waals surface area contributed by atoms with Crippen LogP contribution in [0.25, 0.3) is 0 Å². The summed E-state index contributed by atoms with van der Waals surface area (Å²) in [5, 5.41) is 18.7. The van der Waals surface area contributed by atoms with Crippen LogP contribution in [0.4, 0.5) is 0 Å². The van der Waals surface area contributed by atoms with Crippen LogP contribution < -0.4 is 0 Å². The molecule has 0 bridgehead atoms. The van der Waals surface area contributed by atoms with Crippen molar-refractivity contribution in [3.05, 3.63) is 35.9 Å². The molecule has 2 N–H and O–H groups in total. The van der Waals surface area contributed by atoms with E-state index >= 15 is 0 Å². The predicted octanol–water partition coefficient (Wildman–Crippen LogP) is 6.50. The van der Waals surface area contributed by atoms with E-state index in [1.165, 1.54) is 5.56 Å². The van der Waals surface area contributed by atoms with Gasteiger partial charge in [0, 0.05) is 6.42 Å². The summed E-state index contributed by atoms with van der Waals surface area (Å²) in [7, 11) is 0.